The number of fused-ring (bicyclic) bond motifs is 4. The average Bonchev–Trinajstić information content (AvgIpc) is 1.75. The Kier molecular flexibility index (Phi) is 18.1. The standard InChI is InChI=1S/C84H74N6O8S/c1-9-87(10-2)63-30-26-57-39-67(81(91)95-75(57)47-63)51-20-17-23-54(36-51)71-43-61(44-72(85-71)55-24-18-21-52(37-55)68-40-58-27-31-64(88(11-3)12-4)48-76(58)96-82(68)92)62-45-73(56-25-19-22-53(38-56)69-41-59-28-32-65(89(13-5)14-6)49-77(59)97-83(69)93)86-74(46-62)80-35-34-79(99-80)70-42-60-29-33-66(90(15-7)16-8)50-78(60)98-84(70)94/h17-50H,9-16H2,1-8H3. The van der Waals surface area contributed by atoms with Crippen LogP contribution in [0.15, 0.2) is 243 Å². The van der Waals surface area contributed by atoms with Gasteiger partial charge in [0.15, 0.2) is 0 Å². The van der Waals surface area contributed by atoms with E-state index in [4.69, 9.17) is 27.6 Å². The van der Waals surface area contributed by atoms with Gasteiger partial charge in [0, 0.05) is 142 Å². The van der Waals surface area contributed by atoms with Crippen LogP contribution in [0.1, 0.15) is 55.4 Å². The van der Waals surface area contributed by atoms with Gasteiger partial charge in [0.2, 0.25) is 0 Å². The smallest absolute Gasteiger partial charge is 0.345 e. The van der Waals surface area contributed by atoms with Gasteiger partial charge in [-0.25, -0.2) is 29.1 Å². The summed E-state index contributed by atoms with van der Waals surface area (Å²) < 4.78 is 24.3. The quantitative estimate of drug-likeness (QED) is 0.0625. The predicted octanol–water partition coefficient (Wildman–Crippen LogP) is 19.4. The lowest BCUT2D eigenvalue weighted by molar-refractivity contribution is 0.563. The summed E-state index contributed by atoms with van der Waals surface area (Å²) in [6.45, 7) is 23.3. The van der Waals surface area contributed by atoms with Gasteiger partial charge in [0.05, 0.1) is 49.9 Å². The highest BCUT2D eigenvalue weighted by Crippen LogP contribution is 2.41. The molecule has 0 saturated carbocycles. The highest BCUT2D eigenvalue weighted by atomic mass is 32.1. The van der Waals surface area contributed by atoms with E-state index in [9.17, 15) is 19.2 Å². The first-order valence-corrected chi connectivity index (χ1v) is 34.8. The van der Waals surface area contributed by atoms with Crippen molar-refractivity contribution in [2.75, 3.05) is 72.0 Å². The highest BCUT2D eigenvalue weighted by Gasteiger charge is 2.21. The second-order valence-electron chi connectivity index (χ2n) is 24.5. The van der Waals surface area contributed by atoms with Crippen molar-refractivity contribution in [1.29, 1.82) is 0 Å². The maximum Gasteiger partial charge on any atom is 0.345 e. The number of hydrogen-bond acceptors (Lipinski definition) is 15. The monoisotopic (exact) mass is 1330 g/mol. The van der Waals surface area contributed by atoms with Crippen LogP contribution in [0.25, 0.3) is 143 Å². The van der Waals surface area contributed by atoms with E-state index in [1.165, 1.54) is 11.3 Å². The first kappa shape index (κ1) is 64.9. The summed E-state index contributed by atoms with van der Waals surface area (Å²) >= 11 is 1.43. The third kappa shape index (κ3) is 12.8. The van der Waals surface area contributed by atoms with Gasteiger partial charge in [-0.3, -0.25) is 0 Å². The van der Waals surface area contributed by atoms with Crippen molar-refractivity contribution in [3.8, 4) is 99.3 Å². The highest BCUT2D eigenvalue weighted by molar-refractivity contribution is 7.18. The number of hydrogen-bond donors (Lipinski definition) is 0. The van der Waals surface area contributed by atoms with E-state index < -0.39 is 22.5 Å². The number of aromatic nitrogens is 2. The third-order valence-electron chi connectivity index (χ3n) is 18.9. The number of benzene rings is 7. The molecule has 0 bridgehead atoms. The molecule has 494 valence electrons. The lowest BCUT2D eigenvalue weighted by Crippen LogP contribution is -2.21. The largest absolute Gasteiger partial charge is 0.422 e. The number of nitrogens with zero attached hydrogens (tertiary/aromatic N) is 6. The van der Waals surface area contributed by atoms with Gasteiger partial charge in [-0.1, -0.05) is 54.6 Å². The van der Waals surface area contributed by atoms with Crippen molar-refractivity contribution in [1.82, 2.24) is 9.97 Å². The molecule has 14 aromatic rings. The minimum atomic E-state index is -0.465. The first-order valence-electron chi connectivity index (χ1n) is 34.0. The van der Waals surface area contributed by atoms with E-state index in [1.54, 1.807) is 0 Å². The molecule has 7 heterocycles. The Labute approximate surface area is 576 Å². The number of anilines is 4. The maximum atomic E-state index is 14.1. The van der Waals surface area contributed by atoms with E-state index in [1.807, 2.05) is 182 Å². The molecule has 0 amide bonds. The van der Waals surface area contributed by atoms with Gasteiger partial charge in [0.1, 0.15) is 22.3 Å². The van der Waals surface area contributed by atoms with Gasteiger partial charge in [-0.15, -0.1) is 11.3 Å². The molecule has 0 aliphatic rings. The Morgan fingerprint density at radius 3 is 0.869 bits per heavy atom. The molecule has 14 rings (SSSR count). The zero-order chi connectivity index (χ0) is 68.6. The Balaban J connectivity index is 0.935. The van der Waals surface area contributed by atoms with E-state index >= 15 is 0 Å². The van der Waals surface area contributed by atoms with Crippen LogP contribution in [0.2, 0.25) is 0 Å². The number of thiophene rings is 1. The Bertz CT molecular complexity index is 5500. The van der Waals surface area contributed by atoms with E-state index in [2.05, 4.69) is 99.3 Å². The number of pyridine rings is 2. The van der Waals surface area contributed by atoms with Crippen LogP contribution in [-0.2, 0) is 0 Å². The molecule has 0 aliphatic carbocycles. The Morgan fingerprint density at radius 2 is 0.545 bits per heavy atom. The molecular formula is C84H74N6O8S. The van der Waals surface area contributed by atoms with E-state index in [0.29, 0.717) is 88.9 Å². The predicted molar refractivity (Wildman–Crippen MR) is 407 cm³/mol. The van der Waals surface area contributed by atoms with Gasteiger partial charge in [-0.05, 0) is 211 Å². The van der Waals surface area contributed by atoms with Crippen LogP contribution in [0.5, 0.6) is 0 Å². The molecule has 0 unspecified atom stereocenters. The van der Waals surface area contributed by atoms with Crippen molar-refractivity contribution in [2.24, 2.45) is 0 Å². The topological polar surface area (TPSA) is 160 Å². The SMILES string of the molecule is CCN(CC)c1ccc2cc(-c3cccc(-c4cc(-c5cc(-c6cccc(-c7cc8ccc(N(CC)CC)cc8oc7=O)c6)nc(-c6ccc(-c7cc8ccc(N(CC)CC)cc8oc7=O)s6)c5)cc(-c5cccc(-c6cc7ccc(N(CC)CC)cc7oc6=O)c5)n4)c3)c(=O)oc2c1. The zero-order valence-corrected chi connectivity index (χ0v) is 57.5. The summed E-state index contributed by atoms with van der Waals surface area (Å²) in [5.41, 5.74) is 13.8. The molecule has 0 fully saturated rings. The average molecular weight is 1330 g/mol. The molecule has 0 N–H and O–H groups in total. The Morgan fingerprint density at radius 1 is 0.273 bits per heavy atom. The summed E-state index contributed by atoms with van der Waals surface area (Å²) in [7, 11) is 0. The van der Waals surface area contributed by atoms with Crippen LogP contribution in [0.3, 0.4) is 0 Å². The summed E-state index contributed by atoms with van der Waals surface area (Å²) in [6.07, 6.45) is 0. The normalized spacial score (nSPS) is 11.5. The molecule has 7 aromatic carbocycles. The molecule has 14 nitrogen and oxygen atoms in total. The summed E-state index contributed by atoms with van der Waals surface area (Å²) in [6, 6.07) is 66.8. The van der Waals surface area contributed by atoms with Gasteiger partial charge >= 0.3 is 22.5 Å². The van der Waals surface area contributed by atoms with Gasteiger partial charge in [-0.2, -0.15) is 0 Å². The second-order valence-corrected chi connectivity index (χ2v) is 25.6. The van der Waals surface area contributed by atoms with E-state index in [0.717, 1.165) is 129 Å². The lowest BCUT2D eigenvalue weighted by Gasteiger charge is -2.21. The summed E-state index contributed by atoms with van der Waals surface area (Å²) in [4.78, 5) is 77.7. The van der Waals surface area contributed by atoms with Crippen LogP contribution in [-0.4, -0.2) is 62.3 Å². The molecule has 15 heteroatoms. The first-order chi connectivity index (χ1) is 48.2. The summed E-state index contributed by atoms with van der Waals surface area (Å²) in [5, 5.41) is 3.18. The molecule has 0 saturated heterocycles. The van der Waals surface area contributed by atoms with Crippen LogP contribution >= 0.6 is 11.3 Å². The van der Waals surface area contributed by atoms with Crippen molar-refractivity contribution in [2.45, 2.75) is 55.4 Å². The third-order valence-corrected chi connectivity index (χ3v) is 20.0. The molecule has 7 aromatic heterocycles. The molecule has 0 radical (unpaired) electrons. The number of rotatable bonds is 21. The van der Waals surface area contributed by atoms with Crippen molar-refractivity contribution in [3.05, 3.63) is 248 Å². The fourth-order valence-electron chi connectivity index (χ4n) is 13.4. The minimum Gasteiger partial charge on any atom is -0.422 e. The van der Waals surface area contributed by atoms with E-state index in [-0.39, 0.29) is 0 Å². The van der Waals surface area contributed by atoms with Crippen LogP contribution in [0, 0.1) is 0 Å². The van der Waals surface area contributed by atoms with Gasteiger partial charge < -0.3 is 37.3 Å². The molecule has 99 heavy (non-hydrogen) atoms. The lowest BCUT2D eigenvalue weighted by atomic mass is 9.95. The molecule has 0 aliphatic heterocycles. The second kappa shape index (κ2) is 27.6. The van der Waals surface area contributed by atoms with Crippen molar-refractivity contribution in [3.63, 3.8) is 0 Å². The Hall–Kier alpha value is -11.4. The molecule has 0 atom stereocenters. The molecule has 0 spiro atoms. The minimum absolute atomic E-state index is 0.403. The van der Waals surface area contributed by atoms with Crippen molar-refractivity contribution >= 4 is 78.0 Å². The maximum absolute atomic E-state index is 14.1. The van der Waals surface area contributed by atoms with Crippen LogP contribution in [0.4, 0.5) is 22.7 Å². The fourth-order valence-corrected chi connectivity index (χ4v) is 14.4. The van der Waals surface area contributed by atoms with Crippen LogP contribution < -0.4 is 42.1 Å². The van der Waals surface area contributed by atoms with Gasteiger partial charge in [0.25, 0.3) is 0 Å². The zero-order valence-electron chi connectivity index (χ0n) is 56.6. The summed E-state index contributed by atoms with van der Waals surface area (Å²) in [5.74, 6) is 0. The van der Waals surface area contributed by atoms with Crippen molar-refractivity contribution < 1.29 is 17.7 Å². The fraction of sp³-hybridized carbons (Fsp3) is 0.190. The molecular weight excluding hydrogens is 1250 g/mol.